The highest BCUT2D eigenvalue weighted by molar-refractivity contribution is 6.01. The van der Waals surface area contributed by atoms with E-state index in [1.807, 2.05) is 37.3 Å². The number of nitrogens with one attached hydrogen (secondary N) is 2. The van der Waals surface area contributed by atoms with Gasteiger partial charge in [0.2, 0.25) is 5.90 Å². The van der Waals surface area contributed by atoms with Crippen LogP contribution in [0.3, 0.4) is 0 Å². The highest BCUT2D eigenvalue weighted by Gasteiger charge is 2.54. The Labute approximate surface area is 292 Å². The summed E-state index contributed by atoms with van der Waals surface area (Å²) in [4.78, 5) is 35.4. The Balaban J connectivity index is 1.70. The van der Waals surface area contributed by atoms with Crippen molar-refractivity contribution in [3.05, 3.63) is 105 Å². The molecule has 13 nitrogen and oxygen atoms in total. The second-order valence-corrected chi connectivity index (χ2v) is 12.6. The van der Waals surface area contributed by atoms with E-state index >= 15 is 0 Å². The number of nitrogens with zero attached hydrogens (tertiary/aromatic N) is 4. The smallest absolute Gasteiger partial charge is 0.306 e. The van der Waals surface area contributed by atoms with Gasteiger partial charge in [-0.15, -0.1) is 0 Å². The number of aliphatic hydroxyl groups is 1. The van der Waals surface area contributed by atoms with Crippen molar-refractivity contribution in [1.82, 2.24) is 10.9 Å². The molecule has 1 amide bonds. The third kappa shape index (κ3) is 10.2. The number of hydrazine groups is 1. The summed E-state index contributed by atoms with van der Waals surface area (Å²) in [7, 11) is 0. The van der Waals surface area contributed by atoms with Gasteiger partial charge < -0.3 is 24.1 Å². The average Bonchev–Trinajstić information content (AvgIpc) is 3.49. The largest absolute Gasteiger partial charge is 0.494 e. The molecule has 1 aliphatic heterocycles. The molecule has 0 saturated carbocycles. The second-order valence-electron chi connectivity index (χ2n) is 12.6. The zero-order valence-corrected chi connectivity index (χ0v) is 29.1. The molecule has 0 saturated heterocycles. The molecule has 0 spiro atoms. The number of aliphatic imine (C=N–C) groups is 1. The molecule has 0 aliphatic carbocycles. The van der Waals surface area contributed by atoms with E-state index in [1.165, 1.54) is 0 Å². The molecule has 50 heavy (non-hydrogen) atoms. The fourth-order valence-corrected chi connectivity index (χ4v) is 5.53. The first-order chi connectivity index (χ1) is 24.1. The van der Waals surface area contributed by atoms with Crippen LogP contribution in [0.2, 0.25) is 0 Å². The fourth-order valence-electron chi connectivity index (χ4n) is 5.53. The zero-order valence-electron chi connectivity index (χ0n) is 29.1. The van der Waals surface area contributed by atoms with Crippen LogP contribution >= 0.6 is 0 Å². The highest BCUT2D eigenvalue weighted by atomic mass is 16.6. The number of amides is 1. The lowest BCUT2D eigenvalue weighted by Gasteiger charge is -2.32. The zero-order chi connectivity index (χ0) is 36.0. The third-order valence-electron chi connectivity index (χ3n) is 7.80. The first-order valence-electron chi connectivity index (χ1n) is 16.7. The number of ether oxygens (including phenoxy) is 4. The maximum absolute atomic E-state index is 14.5. The fraction of sp³-hybridized carbons (Fsp3) is 0.432. The summed E-state index contributed by atoms with van der Waals surface area (Å²) in [5.74, 6) is 0.569. The van der Waals surface area contributed by atoms with E-state index in [0.717, 1.165) is 11.3 Å². The van der Waals surface area contributed by atoms with Gasteiger partial charge in [0.25, 0.3) is 5.91 Å². The van der Waals surface area contributed by atoms with Crippen molar-refractivity contribution in [3.8, 4) is 11.5 Å². The Morgan fingerprint density at radius 2 is 1.76 bits per heavy atom. The number of aliphatic hydroxyl groups excluding tert-OH is 1. The number of hydrogen-bond acceptors (Lipinski definition) is 10. The van der Waals surface area contributed by atoms with Crippen LogP contribution in [0.15, 0.2) is 82.9 Å². The summed E-state index contributed by atoms with van der Waals surface area (Å²) in [6, 6.07) is 22.0. The Kier molecular flexibility index (Phi) is 13.6. The molecule has 3 N–H and O–H groups in total. The number of benzene rings is 3. The summed E-state index contributed by atoms with van der Waals surface area (Å²) in [6.07, 6.45) is -0.103. The summed E-state index contributed by atoms with van der Waals surface area (Å²) >= 11 is 0. The molecule has 266 valence electrons. The number of azide groups is 1. The van der Waals surface area contributed by atoms with Crippen molar-refractivity contribution in [1.29, 1.82) is 0 Å². The van der Waals surface area contributed by atoms with Gasteiger partial charge in [-0.1, -0.05) is 47.6 Å². The maximum Gasteiger partial charge on any atom is 0.306 e. The molecular formula is C37H46N6O7. The molecule has 3 aromatic carbocycles. The number of rotatable bonds is 18. The minimum atomic E-state index is -1.63. The molecule has 0 aromatic heterocycles. The first kappa shape index (κ1) is 37.7. The molecule has 0 unspecified atom stereocenters. The van der Waals surface area contributed by atoms with Gasteiger partial charge in [-0.2, -0.15) is 0 Å². The molecule has 2 atom stereocenters. The number of esters is 1. The molecule has 0 radical (unpaired) electrons. The molecule has 1 heterocycles. The van der Waals surface area contributed by atoms with Gasteiger partial charge in [0, 0.05) is 36.5 Å². The predicted molar refractivity (Wildman–Crippen MR) is 189 cm³/mol. The summed E-state index contributed by atoms with van der Waals surface area (Å²) in [5, 5.41) is 12.9. The van der Waals surface area contributed by atoms with Gasteiger partial charge in [-0.3, -0.25) is 15.0 Å². The van der Waals surface area contributed by atoms with Gasteiger partial charge in [-0.25, -0.2) is 10.4 Å². The van der Waals surface area contributed by atoms with Gasteiger partial charge in [0.15, 0.2) is 11.6 Å². The molecule has 13 heteroatoms. The van der Waals surface area contributed by atoms with Gasteiger partial charge >= 0.3 is 5.97 Å². The van der Waals surface area contributed by atoms with Crippen LogP contribution in [0, 0.1) is 0 Å². The topological polar surface area (TPSA) is 176 Å². The Hall–Kier alpha value is -5.10. The molecule has 1 aliphatic rings. The number of hydrogen-bond donors (Lipinski definition) is 3. The minimum Gasteiger partial charge on any atom is -0.494 e. The van der Waals surface area contributed by atoms with Crippen molar-refractivity contribution < 1.29 is 33.6 Å². The van der Waals surface area contributed by atoms with Crippen molar-refractivity contribution in [3.63, 3.8) is 0 Å². The molecule has 4 rings (SSSR count). The second kappa shape index (κ2) is 18.1. The molecule has 3 aromatic rings. The van der Waals surface area contributed by atoms with Crippen LogP contribution in [0.5, 0.6) is 11.5 Å². The normalized spacial score (nSPS) is 16.8. The lowest BCUT2D eigenvalue weighted by atomic mass is 9.82. The summed E-state index contributed by atoms with van der Waals surface area (Å²) in [6.45, 7) is 8.57. The van der Waals surface area contributed by atoms with E-state index in [9.17, 15) is 9.59 Å². The van der Waals surface area contributed by atoms with E-state index < -0.39 is 29.1 Å². The van der Waals surface area contributed by atoms with E-state index in [0.29, 0.717) is 55.0 Å². The Morgan fingerprint density at radius 1 is 1.04 bits per heavy atom. The number of carbonyl (C=O) groups is 2. The van der Waals surface area contributed by atoms with Crippen LogP contribution in [0.25, 0.3) is 10.4 Å². The SMILES string of the molecule is CCOc1ccccc1CCNNC(=O)[C@@]1(CCC(=O)OC(C)(C)C)N=C(c2ccc(OCCCO)cc2)O[C@H]1c1ccccc1CN=[N+]=[N-]. The van der Waals surface area contributed by atoms with Crippen molar-refractivity contribution in [2.75, 3.05) is 26.4 Å². The van der Waals surface area contributed by atoms with Crippen LogP contribution in [-0.2, 0) is 32.0 Å². The average molecular weight is 687 g/mol. The number of para-hydroxylation sites is 1. The molecule has 0 bridgehead atoms. The third-order valence-corrected chi connectivity index (χ3v) is 7.80. The van der Waals surface area contributed by atoms with Crippen LogP contribution in [-0.4, -0.2) is 60.4 Å². The van der Waals surface area contributed by atoms with Crippen LogP contribution in [0.1, 0.15) is 75.3 Å². The Morgan fingerprint density at radius 3 is 2.46 bits per heavy atom. The van der Waals surface area contributed by atoms with Crippen molar-refractivity contribution >= 4 is 17.8 Å². The standard InChI is InChI=1S/C37H46N6O7/c1-5-47-31-14-9-7-11-26(31)20-22-39-42-35(46)37(21-19-32(45)50-36(2,3)4)33(30-13-8-6-12-28(30)25-40-43-38)49-34(41-37)27-15-17-29(18-16-27)48-24-10-23-44/h6-9,11-18,33,39,44H,5,10,19-25H2,1-4H3,(H,42,46)/t33-,37-/m0/s1. The van der Waals surface area contributed by atoms with Gasteiger partial charge in [-0.05, 0) is 93.1 Å². The summed E-state index contributed by atoms with van der Waals surface area (Å²) < 4.78 is 23.6. The minimum absolute atomic E-state index is 0.0169. The van der Waals surface area contributed by atoms with E-state index in [2.05, 4.69) is 20.9 Å². The first-order valence-corrected chi connectivity index (χ1v) is 16.7. The quantitative estimate of drug-likeness (QED) is 0.0370. The summed E-state index contributed by atoms with van der Waals surface area (Å²) in [5.41, 5.74) is 15.4. The monoisotopic (exact) mass is 686 g/mol. The molecular weight excluding hydrogens is 640 g/mol. The van der Waals surface area contributed by atoms with Crippen LogP contribution in [0.4, 0.5) is 0 Å². The lowest BCUT2D eigenvalue weighted by molar-refractivity contribution is -0.155. The predicted octanol–water partition coefficient (Wildman–Crippen LogP) is 5.90. The van der Waals surface area contributed by atoms with Crippen molar-refractivity contribution in [2.45, 2.75) is 77.2 Å². The maximum atomic E-state index is 14.5. The Bertz CT molecular complexity index is 1670. The highest BCUT2D eigenvalue weighted by Crippen LogP contribution is 2.44. The van der Waals surface area contributed by atoms with Crippen molar-refractivity contribution in [2.24, 2.45) is 10.1 Å². The lowest BCUT2D eigenvalue weighted by Crippen LogP contribution is -2.53. The van der Waals surface area contributed by atoms with E-state index in [-0.39, 0.29) is 31.9 Å². The van der Waals surface area contributed by atoms with E-state index in [4.69, 9.17) is 34.6 Å². The van der Waals surface area contributed by atoms with Gasteiger partial charge in [0.05, 0.1) is 19.8 Å². The molecule has 0 fully saturated rings. The van der Waals surface area contributed by atoms with Gasteiger partial charge in [0.1, 0.15) is 17.1 Å². The number of carbonyl (C=O) groups excluding carboxylic acids is 2. The van der Waals surface area contributed by atoms with E-state index in [1.54, 1.807) is 63.2 Å². The van der Waals surface area contributed by atoms with Crippen LogP contribution < -0.4 is 20.3 Å².